The first-order chi connectivity index (χ1) is 12.2. The lowest BCUT2D eigenvalue weighted by Crippen LogP contribution is -2.45. The summed E-state index contributed by atoms with van der Waals surface area (Å²) < 4.78 is 38.4. The number of nitrogen functional groups attached to an aromatic ring is 1. The van der Waals surface area contributed by atoms with Crippen molar-refractivity contribution in [2.75, 3.05) is 5.73 Å². The second-order valence-electron chi connectivity index (χ2n) is 5.20. The fourth-order valence-corrected chi connectivity index (χ4v) is 2.31. The third-order valence-electron chi connectivity index (χ3n) is 3.48. The molecule has 0 aliphatic carbocycles. The van der Waals surface area contributed by atoms with Crippen LogP contribution < -0.4 is 21.8 Å². The Balaban J connectivity index is 2.34. The molecule has 10 heteroatoms. The molecule has 1 aromatic heterocycles. The average molecular weight is 365 g/mol. The summed E-state index contributed by atoms with van der Waals surface area (Å²) in [6, 6.07) is 10.8. The topological polar surface area (TPSA) is 96.3 Å². The third-order valence-corrected chi connectivity index (χ3v) is 3.48. The van der Waals surface area contributed by atoms with Crippen LogP contribution in [-0.2, 0) is 4.79 Å². The van der Waals surface area contributed by atoms with Gasteiger partial charge in [-0.2, -0.15) is 13.2 Å². The number of anilines is 1. The van der Waals surface area contributed by atoms with Crippen molar-refractivity contribution in [1.82, 2.24) is 9.30 Å². The molecule has 0 fully saturated rings. The van der Waals surface area contributed by atoms with Crippen LogP contribution in [0.15, 0.2) is 58.1 Å². The first kappa shape index (κ1) is 17.3. The van der Waals surface area contributed by atoms with E-state index < -0.39 is 23.4 Å². The van der Waals surface area contributed by atoms with E-state index in [2.05, 4.69) is 4.84 Å². The Bertz CT molecular complexity index is 1110. The van der Waals surface area contributed by atoms with Gasteiger partial charge in [-0.3, -0.25) is 4.79 Å². The van der Waals surface area contributed by atoms with Crippen LogP contribution in [0, 0.1) is 0 Å². The van der Waals surface area contributed by atoms with E-state index in [1.807, 2.05) is 0 Å². The monoisotopic (exact) mass is 365 g/mol. The summed E-state index contributed by atoms with van der Waals surface area (Å²) in [7, 11) is 0. The van der Waals surface area contributed by atoms with Crippen molar-refractivity contribution in [2.24, 2.45) is 0 Å². The predicted octanol–water partition coefficient (Wildman–Crippen LogP) is 1.25. The van der Waals surface area contributed by atoms with Gasteiger partial charge in [0.1, 0.15) is 0 Å². The molecule has 0 aliphatic heterocycles. The summed E-state index contributed by atoms with van der Waals surface area (Å²) in [5.41, 5.74) is 3.63. The summed E-state index contributed by atoms with van der Waals surface area (Å²) in [6.45, 7) is 0. The second kappa shape index (κ2) is 6.06. The number of fused-ring (bicyclic) bond motifs is 1. The fraction of sp³-hybridized carbons (Fsp3) is 0.0625. The zero-order valence-corrected chi connectivity index (χ0v) is 12.9. The lowest BCUT2D eigenvalue weighted by Gasteiger charge is -2.14. The van der Waals surface area contributed by atoms with Gasteiger partial charge in [0.2, 0.25) is 0 Å². The normalized spacial score (nSPS) is 11.5. The van der Waals surface area contributed by atoms with Gasteiger partial charge in [-0.25, -0.2) is 14.2 Å². The molecule has 1 heterocycles. The standard InChI is InChI=1S/C16H10F3N3O4/c17-16(18,19)14(24)26-22-12-4-2-1-3-11(12)13(23)21(15(22)25)10-7-5-9(20)6-8-10/h1-8H,20H2. The van der Waals surface area contributed by atoms with Crippen molar-refractivity contribution in [3.05, 3.63) is 69.4 Å². The minimum absolute atomic E-state index is 0.0526. The van der Waals surface area contributed by atoms with Crippen LogP contribution >= 0.6 is 0 Å². The maximum atomic E-state index is 12.6. The number of alkyl halides is 3. The zero-order chi connectivity index (χ0) is 19.1. The van der Waals surface area contributed by atoms with Gasteiger partial charge in [0, 0.05) is 5.69 Å². The van der Waals surface area contributed by atoms with E-state index in [0.29, 0.717) is 10.3 Å². The fourth-order valence-electron chi connectivity index (χ4n) is 2.31. The summed E-state index contributed by atoms with van der Waals surface area (Å²) in [5, 5.41) is -0.112. The van der Waals surface area contributed by atoms with Gasteiger partial charge < -0.3 is 10.6 Å². The molecular formula is C16H10F3N3O4. The molecular weight excluding hydrogens is 355 g/mol. The minimum atomic E-state index is -5.32. The number of benzene rings is 2. The van der Waals surface area contributed by atoms with Crippen molar-refractivity contribution in [3.63, 3.8) is 0 Å². The number of hydrogen-bond acceptors (Lipinski definition) is 5. The van der Waals surface area contributed by atoms with Gasteiger partial charge in [-0.05, 0) is 36.4 Å². The number of nitrogens with zero attached hydrogens (tertiary/aromatic N) is 2. The van der Waals surface area contributed by atoms with Crippen molar-refractivity contribution in [2.45, 2.75) is 6.18 Å². The molecule has 0 unspecified atom stereocenters. The highest BCUT2D eigenvalue weighted by Crippen LogP contribution is 2.16. The lowest BCUT2D eigenvalue weighted by molar-refractivity contribution is -0.199. The van der Waals surface area contributed by atoms with E-state index in [0.717, 1.165) is 0 Å². The smallest absolute Gasteiger partial charge is 0.399 e. The number of hydrogen-bond donors (Lipinski definition) is 1. The number of para-hydroxylation sites is 1. The Kier molecular flexibility index (Phi) is 4.03. The van der Waals surface area contributed by atoms with Crippen LogP contribution in [0.3, 0.4) is 0 Å². The quantitative estimate of drug-likeness (QED) is 0.690. The van der Waals surface area contributed by atoms with Gasteiger partial charge >= 0.3 is 17.8 Å². The molecule has 0 bridgehead atoms. The van der Waals surface area contributed by atoms with Gasteiger partial charge in [-0.1, -0.05) is 12.1 Å². The SMILES string of the molecule is Nc1ccc(-n2c(=O)c3ccccc3n(OC(=O)C(F)(F)F)c2=O)cc1. The number of nitrogens with two attached hydrogens (primary N) is 1. The molecule has 2 aromatic carbocycles. The Morgan fingerprint density at radius 1 is 1.00 bits per heavy atom. The molecule has 7 nitrogen and oxygen atoms in total. The first-order valence-electron chi connectivity index (χ1n) is 7.12. The highest BCUT2D eigenvalue weighted by molar-refractivity contribution is 5.80. The molecule has 134 valence electrons. The largest absolute Gasteiger partial charge is 0.493 e. The van der Waals surface area contributed by atoms with E-state index in [4.69, 9.17) is 5.73 Å². The summed E-state index contributed by atoms with van der Waals surface area (Å²) in [4.78, 5) is 40.6. The summed E-state index contributed by atoms with van der Waals surface area (Å²) >= 11 is 0. The molecule has 0 spiro atoms. The Morgan fingerprint density at radius 3 is 2.23 bits per heavy atom. The van der Waals surface area contributed by atoms with E-state index in [1.165, 1.54) is 48.5 Å². The van der Waals surface area contributed by atoms with Crippen LogP contribution in [0.2, 0.25) is 0 Å². The Hall–Kier alpha value is -3.56. The third kappa shape index (κ3) is 2.92. The molecule has 26 heavy (non-hydrogen) atoms. The van der Waals surface area contributed by atoms with E-state index in [9.17, 15) is 27.6 Å². The number of halogens is 3. The zero-order valence-electron chi connectivity index (χ0n) is 12.9. The Labute approximate surface area is 142 Å². The van der Waals surface area contributed by atoms with Crippen LogP contribution in [0.5, 0.6) is 0 Å². The highest BCUT2D eigenvalue weighted by atomic mass is 19.4. The lowest BCUT2D eigenvalue weighted by atomic mass is 10.2. The van der Waals surface area contributed by atoms with E-state index in [1.54, 1.807) is 0 Å². The van der Waals surface area contributed by atoms with Gasteiger partial charge in [0.05, 0.1) is 16.6 Å². The maximum Gasteiger partial charge on any atom is 0.493 e. The summed E-state index contributed by atoms with van der Waals surface area (Å²) in [6.07, 6.45) is -5.32. The van der Waals surface area contributed by atoms with Gasteiger partial charge in [0.15, 0.2) is 0 Å². The molecule has 3 rings (SSSR count). The Morgan fingerprint density at radius 2 is 1.62 bits per heavy atom. The predicted molar refractivity (Wildman–Crippen MR) is 85.9 cm³/mol. The van der Waals surface area contributed by atoms with Crippen molar-refractivity contribution < 1.29 is 22.8 Å². The molecule has 3 aromatic rings. The molecule has 0 amide bonds. The van der Waals surface area contributed by atoms with E-state index >= 15 is 0 Å². The molecule has 0 saturated heterocycles. The van der Waals surface area contributed by atoms with Gasteiger partial charge in [0.25, 0.3) is 5.56 Å². The molecule has 0 saturated carbocycles. The molecule has 0 radical (unpaired) electrons. The van der Waals surface area contributed by atoms with Crippen molar-refractivity contribution in [1.29, 1.82) is 0 Å². The molecule has 0 aliphatic rings. The highest BCUT2D eigenvalue weighted by Gasteiger charge is 2.42. The minimum Gasteiger partial charge on any atom is -0.399 e. The van der Waals surface area contributed by atoms with E-state index in [-0.39, 0.29) is 21.3 Å². The maximum absolute atomic E-state index is 12.6. The number of carbonyl (C=O) groups excluding carboxylic acids is 1. The molecule has 0 atom stereocenters. The summed E-state index contributed by atoms with van der Waals surface area (Å²) in [5.74, 6) is -2.59. The number of rotatable bonds is 2. The number of aromatic nitrogens is 2. The van der Waals surface area contributed by atoms with Gasteiger partial charge in [-0.15, -0.1) is 4.73 Å². The van der Waals surface area contributed by atoms with Crippen molar-refractivity contribution >= 4 is 22.6 Å². The number of carbonyl (C=O) groups is 1. The van der Waals surface area contributed by atoms with Crippen LogP contribution in [0.25, 0.3) is 16.6 Å². The first-order valence-corrected chi connectivity index (χ1v) is 7.12. The van der Waals surface area contributed by atoms with Crippen LogP contribution in [-0.4, -0.2) is 21.4 Å². The second-order valence-corrected chi connectivity index (χ2v) is 5.20. The van der Waals surface area contributed by atoms with Crippen LogP contribution in [0.1, 0.15) is 0 Å². The van der Waals surface area contributed by atoms with Crippen molar-refractivity contribution in [3.8, 4) is 5.69 Å². The average Bonchev–Trinajstić information content (AvgIpc) is 2.59. The van der Waals surface area contributed by atoms with Crippen LogP contribution in [0.4, 0.5) is 18.9 Å². The molecule has 2 N–H and O–H groups in total.